The van der Waals surface area contributed by atoms with E-state index in [1.54, 1.807) is 18.2 Å². The van der Waals surface area contributed by atoms with E-state index in [9.17, 15) is 23.1 Å². The van der Waals surface area contributed by atoms with Gasteiger partial charge in [0.2, 0.25) is 11.8 Å². The lowest BCUT2D eigenvalue weighted by atomic mass is 9.96. The highest BCUT2D eigenvalue weighted by Gasteiger charge is 2.34. The Morgan fingerprint density at radius 1 is 1.12 bits per heavy atom. The van der Waals surface area contributed by atoms with Crippen LogP contribution in [0, 0.1) is 0 Å². The topological polar surface area (TPSA) is 96.3 Å². The molecule has 32 heavy (non-hydrogen) atoms. The van der Waals surface area contributed by atoms with Crippen LogP contribution in [0.5, 0.6) is 11.6 Å². The van der Waals surface area contributed by atoms with E-state index in [1.165, 1.54) is 26.4 Å². The van der Waals surface area contributed by atoms with Crippen molar-refractivity contribution in [2.75, 3.05) is 14.2 Å². The Morgan fingerprint density at radius 2 is 1.91 bits per heavy atom. The van der Waals surface area contributed by atoms with Crippen LogP contribution >= 0.6 is 11.3 Å². The van der Waals surface area contributed by atoms with Crippen LogP contribution in [-0.4, -0.2) is 30.2 Å². The van der Waals surface area contributed by atoms with Crippen LogP contribution in [0.15, 0.2) is 51.4 Å². The van der Waals surface area contributed by atoms with E-state index in [0.29, 0.717) is 33.0 Å². The van der Waals surface area contributed by atoms with Gasteiger partial charge in [-0.05, 0) is 40.6 Å². The van der Waals surface area contributed by atoms with E-state index in [-0.39, 0.29) is 28.5 Å². The van der Waals surface area contributed by atoms with Crippen molar-refractivity contribution in [2.45, 2.75) is 12.6 Å². The summed E-state index contributed by atoms with van der Waals surface area (Å²) >= 11 is 0.708. The molecule has 7 nitrogen and oxygen atoms in total. The maximum Gasteiger partial charge on any atom is 0.416 e. The van der Waals surface area contributed by atoms with Gasteiger partial charge in [0.25, 0.3) is 0 Å². The van der Waals surface area contributed by atoms with Crippen molar-refractivity contribution in [3.63, 3.8) is 0 Å². The third-order valence-electron chi connectivity index (χ3n) is 4.91. The number of hydrogen-bond acceptors (Lipinski definition) is 7. The van der Waals surface area contributed by atoms with Crippen LogP contribution in [0.3, 0.4) is 0 Å². The third-order valence-corrected chi connectivity index (χ3v) is 5.84. The molecule has 0 atom stereocenters. The van der Waals surface area contributed by atoms with Crippen molar-refractivity contribution in [2.24, 2.45) is 10.2 Å². The Labute approximate surface area is 182 Å². The fourth-order valence-corrected chi connectivity index (χ4v) is 4.21. The molecule has 1 aromatic heterocycles. The second-order valence-corrected chi connectivity index (χ2v) is 7.79. The van der Waals surface area contributed by atoms with Crippen molar-refractivity contribution >= 4 is 22.8 Å². The lowest BCUT2D eigenvalue weighted by Gasteiger charge is -2.16. The lowest BCUT2D eigenvalue weighted by molar-refractivity contribution is -0.138. The molecule has 0 radical (unpaired) electrons. The van der Waals surface area contributed by atoms with Crippen LogP contribution in [-0.2, 0) is 17.3 Å². The maximum atomic E-state index is 13.8. The molecule has 2 aromatic carbocycles. The molecule has 0 amide bonds. The van der Waals surface area contributed by atoms with Crippen LogP contribution in [0.4, 0.5) is 13.2 Å². The summed E-state index contributed by atoms with van der Waals surface area (Å²) in [5.74, 6) is -0.0899. The number of hydrogen-bond donors (Lipinski definition) is 2. The number of rotatable bonds is 4. The summed E-state index contributed by atoms with van der Waals surface area (Å²) in [6, 6.07) is 8.61. The largest absolute Gasteiger partial charge is 0.497 e. The zero-order valence-corrected chi connectivity index (χ0v) is 17.6. The molecule has 11 heteroatoms. The number of H-pyrrole nitrogens is 1. The monoisotopic (exact) mass is 463 g/mol. The summed E-state index contributed by atoms with van der Waals surface area (Å²) in [7, 11) is 2.71. The molecular formula is C21H16F3N3O4S. The maximum absolute atomic E-state index is 13.8. The van der Waals surface area contributed by atoms with Gasteiger partial charge in [-0.3, -0.25) is 9.78 Å². The standard InChI is InChI=1S/C21H16F3N3O4S/c1-30-12-5-3-11(15(9-12)21(22,23)24)8-13(17-18(28)25-20(29)32-17)10-4-6-16-14(7-10)19(31-2)27-26-16/h3-7,9,28H,8H2,1-2H3,(H,25,29). The Morgan fingerprint density at radius 3 is 2.53 bits per heavy atom. The first-order valence-corrected chi connectivity index (χ1v) is 10.0. The van der Waals surface area contributed by atoms with Crippen LogP contribution < -0.4 is 20.2 Å². The van der Waals surface area contributed by atoms with Crippen LogP contribution in [0.25, 0.3) is 5.57 Å². The lowest BCUT2D eigenvalue weighted by Crippen LogP contribution is -2.20. The van der Waals surface area contributed by atoms with Crippen molar-refractivity contribution in [1.29, 1.82) is 0 Å². The minimum Gasteiger partial charge on any atom is -0.497 e. The van der Waals surface area contributed by atoms with E-state index in [0.717, 1.165) is 6.07 Å². The number of ether oxygens (including phenoxy) is 2. The van der Waals surface area contributed by atoms with E-state index in [2.05, 4.69) is 15.2 Å². The molecule has 3 aromatic rings. The third kappa shape index (κ3) is 3.98. The summed E-state index contributed by atoms with van der Waals surface area (Å²) in [5.41, 5.74) is -0.0336. The molecule has 0 bridgehead atoms. The number of fused-ring (bicyclic) bond motifs is 1. The Hall–Kier alpha value is -3.60. The Kier molecular flexibility index (Phi) is 5.51. The summed E-state index contributed by atoms with van der Waals surface area (Å²) in [4.78, 5) is 13.7. The van der Waals surface area contributed by atoms with Crippen molar-refractivity contribution < 1.29 is 27.8 Å². The average molecular weight is 463 g/mol. The number of methoxy groups -OCH3 is 2. The molecule has 2 heterocycles. The second kappa shape index (κ2) is 8.15. The van der Waals surface area contributed by atoms with Gasteiger partial charge in [0.05, 0.1) is 35.6 Å². The number of alkyl halides is 3. The molecule has 1 aliphatic rings. The van der Waals surface area contributed by atoms with E-state index < -0.39 is 22.5 Å². The van der Waals surface area contributed by atoms with Gasteiger partial charge in [-0.15, -0.1) is 10.2 Å². The number of nitrogens with one attached hydrogen (secondary N) is 1. The molecule has 1 aliphatic heterocycles. The summed E-state index contributed by atoms with van der Waals surface area (Å²) in [6.45, 7) is 0. The van der Waals surface area contributed by atoms with Gasteiger partial charge in [0.1, 0.15) is 5.75 Å². The normalized spacial score (nSPS) is 13.8. The van der Waals surface area contributed by atoms with Gasteiger partial charge < -0.3 is 14.6 Å². The highest BCUT2D eigenvalue weighted by molar-refractivity contribution is 7.10. The molecule has 0 aliphatic carbocycles. The Balaban J connectivity index is 1.96. The molecule has 0 unspecified atom stereocenters. The fraction of sp³-hybridized carbons (Fsp3) is 0.190. The first kappa shape index (κ1) is 21.6. The smallest absolute Gasteiger partial charge is 0.416 e. The second-order valence-electron chi connectivity index (χ2n) is 6.81. The number of aromatic hydroxyl groups is 1. The van der Waals surface area contributed by atoms with Crippen LogP contribution in [0.2, 0.25) is 0 Å². The SMILES string of the molecule is COC1=NN=c2ccc(=C(Cc3ccc(OC)cc3C(F)(F)F)c3sc(=O)[nH]c3O)cc21. The van der Waals surface area contributed by atoms with Gasteiger partial charge in [-0.25, -0.2) is 0 Å². The number of benzene rings is 2. The number of aromatic amines is 1. The molecule has 0 saturated heterocycles. The highest BCUT2D eigenvalue weighted by Crippen LogP contribution is 2.37. The molecule has 166 valence electrons. The van der Waals surface area contributed by atoms with Crippen LogP contribution in [0.1, 0.15) is 21.6 Å². The molecule has 0 saturated carbocycles. The van der Waals surface area contributed by atoms with Crippen molar-refractivity contribution in [3.05, 3.63) is 78.2 Å². The highest BCUT2D eigenvalue weighted by atomic mass is 32.1. The summed E-state index contributed by atoms with van der Waals surface area (Å²) in [6.07, 6.45) is -4.84. The molecule has 4 rings (SSSR count). The van der Waals surface area contributed by atoms with Gasteiger partial charge in [-0.2, -0.15) is 13.2 Å². The fourth-order valence-electron chi connectivity index (χ4n) is 3.42. The zero-order chi connectivity index (χ0) is 23.0. The summed E-state index contributed by atoms with van der Waals surface area (Å²) in [5, 5.41) is 19.2. The summed E-state index contributed by atoms with van der Waals surface area (Å²) < 4.78 is 51.4. The van der Waals surface area contributed by atoms with Crippen molar-refractivity contribution in [1.82, 2.24) is 4.98 Å². The molecular weight excluding hydrogens is 447 g/mol. The predicted octanol–water partition coefficient (Wildman–Crippen LogP) is 2.55. The Bertz CT molecular complexity index is 1410. The number of aromatic nitrogens is 1. The minimum atomic E-state index is -4.63. The minimum absolute atomic E-state index is 0.0423. The first-order chi connectivity index (χ1) is 15.2. The predicted molar refractivity (Wildman–Crippen MR) is 112 cm³/mol. The quantitative estimate of drug-likeness (QED) is 0.622. The number of halogens is 3. The average Bonchev–Trinajstić information content (AvgIpc) is 3.32. The van der Waals surface area contributed by atoms with Gasteiger partial charge >= 0.3 is 11.0 Å². The van der Waals surface area contributed by atoms with E-state index in [1.807, 2.05) is 0 Å². The zero-order valence-electron chi connectivity index (χ0n) is 16.8. The molecule has 0 spiro atoms. The number of nitrogens with zero attached hydrogens (tertiary/aromatic N) is 2. The number of thiazole rings is 1. The van der Waals surface area contributed by atoms with Gasteiger partial charge in [-0.1, -0.05) is 23.5 Å². The van der Waals surface area contributed by atoms with Gasteiger partial charge in [0.15, 0.2) is 0 Å². The van der Waals surface area contributed by atoms with Gasteiger partial charge in [0, 0.05) is 6.42 Å². The molecule has 2 N–H and O–H groups in total. The molecule has 0 fully saturated rings. The van der Waals surface area contributed by atoms with E-state index >= 15 is 0 Å². The van der Waals surface area contributed by atoms with E-state index in [4.69, 9.17) is 9.47 Å². The van der Waals surface area contributed by atoms with Crippen molar-refractivity contribution in [3.8, 4) is 11.6 Å². The first-order valence-electron chi connectivity index (χ1n) is 9.21.